The van der Waals surface area contributed by atoms with Crippen molar-refractivity contribution in [3.8, 4) is 0 Å². The van der Waals surface area contributed by atoms with Crippen LogP contribution >= 0.6 is 0 Å². The van der Waals surface area contributed by atoms with Crippen molar-refractivity contribution in [1.29, 1.82) is 0 Å². The molecule has 1 amide bonds. The first-order valence-corrected chi connectivity index (χ1v) is 7.37. The molecule has 0 radical (unpaired) electrons. The number of rotatable bonds is 6. The highest BCUT2D eigenvalue weighted by molar-refractivity contribution is 5.94. The Hall–Kier alpha value is -2.33. The predicted octanol–water partition coefficient (Wildman–Crippen LogP) is 2.74. The number of hydrogen-bond acceptors (Lipinski definition) is 3. The standard InChI is InChI=1S/C18H22N2O2/c1-14-10-15(2)12-16(11-14)19-18(22)13-20(8-9-21)17-6-4-3-5-7-17/h3-7,10-12,21H,8-9,13H2,1-2H3,(H,19,22). The van der Waals surface area contributed by atoms with Crippen LogP contribution in [0.15, 0.2) is 48.5 Å². The van der Waals surface area contributed by atoms with Crippen molar-refractivity contribution in [3.05, 3.63) is 59.7 Å². The molecule has 0 unspecified atom stereocenters. The Balaban J connectivity index is 2.05. The van der Waals surface area contributed by atoms with Gasteiger partial charge >= 0.3 is 0 Å². The van der Waals surface area contributed by atoms with Crippen LogP contribution in [0.2, 0.25) is 0 Å². The lowest BCUT2D eigenvalue weighted by Crippen LogP contribution is -2.35. The molecule has 2 aromatic rings. The summed E-state index contributed by atoms with van der Waals surface area (Å²) in [5.41, 5.74) is 3.96. The molecular formula is C18H22N2O2. The van der Waals surface area contributed by atoms with Crippen LogP contribution in [-0.4, -0.2) is 30.7 Å². The van der Waals surface area contributed by atoms with E-state index in [1.54, 1.807) is 0 Å². The van der Waals surface area contributed by atoms with Gasteiger partial charge in [0.1, 0.15) is 0 Å². The van der Waals surface area contributed by atoms with Gasteiger partial charge in [-0.2, -0.15) is 0 Å². The number of nitrogens with zero attached hydrogens (tertiary/aromatic N) is 1. The zero-order valence-electron chi connectivity index (χ0n) is 13.0. The van der Waals surface area contributed by atoms with Gasteiger partial charge in [-0.15, -0.1) is 0 Å². The van der Waals surface area contributed by atoms with Crippen LogP contribution in [0.5, 0.6) is 0 Å². The smallest absolute Gasteiger partial charge is 0.243 e. The Morgan fingerprint density at radius 1 is 1.09 bits per heavy atom. The van der Waals surface area contributed by atoms with E-state index >= 15 is 0 Å². The van der Waals surface area contributed by atoms with Crippen LogP contribution in [0.4, 0.5) is 11.4 Å². The Bertz CT molecular complexity index is 606. The van der Waals surface area contributed by atoms with Gasteiger partial charge in [-0.25, -0.2) is 0 Å². The third-order valence-electron chi connectivity index (χ3n) is 3.33. The summed E-state index contributed by atoms with van der Waals surface area (Å²) in [5, 5.41) is 12.1. The molecule has 22 heavy (non-hydrogen) atoms. The van der Waals surface area contributed by atoms with Crippen LogP contribution in [0.1, 0.15) is 11.1 Å². The highest BCUT2D eigenvalue weighted by Crippen LogP contribution is 2.15. The summed E-state index contributed by atoms with van der Waals surface area (Å²) in [4.78, 5) is 14.1. The first kappa shape index (κ1) is 16.0. The lowest BCUT2D eigenvalue weighted by Gasteiger charge is -2.23. The molecular weight excluding hydrogens is 276 g/mol. The van der Waals surface area contributed by atoms with Crippen molar-refractivity contribution < 1.29 is 9.90 Å². The van der Waals surface area contributed by atoms with E-state index in [4.69, 9.17) is 0 Å². The van der Waals surface area contributed by atoms with Crippen molar-refractivity contribution >= 4 is 17.3 Å². The number of carbonyl (C=O) groups excluding carboxylic acids is 1. The molecule has 116 valence electrons. The van der Waals surface area contributed by atoms with Crippen molar-refractivity contribution in [3.63, 3.8) is 0 Å². The minimum absolute atomic E-state index is 0.00568. The summed E-state index contributed by atoms with van der Waals surface area (Å²) >= 11 is 0. The van der Waals surface area contributed by atoms with Gasteiger partial charge < -0.3 is 15.3 Å². The highest BCUT2D eigenvalue weighted by Gasteiger charge is 2.11. The van der Waals surface area contributed by atoms with Crippen molar-refractivity contribution in [1.82, 2.24) is 0 Å². The van der Waals surface area contributed by atoms with Gasteiger partial charge in [0.25, 0.3) is 0 Å². The lowest BCUT2D eigenvalue weighted by atomic mass is 10.1. The monoisotopic (exact) mass is 298 g/mol. The average Bonchev–Trinajstić information content (AvgIpc) is 2.46. The second-order valence-corrected chi connectivity index (χ2v) is 5.41. The maximum atomic E-state index is 12.3. The molecule has 2 aromatic carbocycles. The normalized spacial score (nSPS) is 10.3. The van der Waals surface area contributed by atoms with Gasteiger partial charge in [-0.1, -0.05) is 24.3 Å². The number of hydrogen-bond donors (Lipinski definition) is 2. The molecule has 0 aliphatic carbocycles. The third kappa shape index (κ3) is 4.60. The number of carbonyl (C=O) groups is 1. The van der Waals surface area contributed by atoms with Crippen LogP contribution < -0.4 is 10.2 Å². The molecule has 0 spiro atoms. The molecule has 0 saturated carbocycles. The Kier molecular flexibility index (Phi) is 5.55. The van der Waals surface area contributed by atoms with Gasteiger partial charge in [0.05, 0.1) is 13.2 Å². The fourth-order valence-corrected chi connectivity index (χ4v) is 2.48. The topological polar surface area (TPSA) is 52.6 Å². The minimum Gasteiger partial charge on any atom is -0.395 e. The molecule has 0 aliphatic heterocycles. The molecule has 0 heterocycles. The summed E-state index contributed by atoms with van der Waals surface area (Å²) in [7, 11) is 0. The minimum atomic E-state index is -0.0951. The number of aliphatic hydroxyl groups is 1. The summed E-state index contributed by atoms with van der Waals surface area (Å²) in [6.07, 6.45) is 0. The summed E-state index contributed by atoms with van der Waals surface area (Å²) in [5.74, 6) is -0.0951. The van der Waals surface area contributed by atoms with Crippen LogP contribution in [0.3, 0.4) is 0 Å². The number of aliphatic hydroxyl groups excluding tert-OH is 1. The quantitative estimate of drug-likeness (QED) is 0.862. The molecule has 2 N–H and O–H groups in total. The van der Waals surface area contributed by atoms with Crippen LogP contribution in [0.25, 0.3) is 0 Å². The Labute approximate surface area is 131 Å². The molecule has 0 aromatic heterocycles. The van der Waals surface area contributed by atoms with Gasteiger partial charge in [-0.05, 0) is 49.2 Å². The zero-order valence-corrected chi connectivity index (χ0v) is 13.0. The first-order chi connectivity index (χ1) is 10.6. The van der Waals surface area contributed by atoms with E-state index in [2.05, 4.69) is 11.4 Å². The van der Waals surface area contributed by atoms with E-state index in [1.807, 2.05) is 61.2 Å². The molecule has 2 rings (SSSR count). The second-order valence-electron chi connectivity index (χ2n) is 5.41. The van der Waals surface area contributed by atoms with Gasteiger partial charge in [0, 0.05) is 17.9 Å². The summed E-state index contributed by atoms with van der Waals surface area (Å²) in [6.45, 7) is 4.64. The molecule has 0 atom stereocenters. The fraction of sp³-hybridized carbons (Fsp3) is 0.278. The summed E-state index contributed by atoms with van der Waals surface area (Å²) < 4.78 is 0. The maximum Gasteiger partial charge on any atom is 0.243 e. The van der Waals surface area contributed by atoms with Gasteiger partial charge in [-0.3, -0.25) is 4.79 Å². The van der Waals surface area contributed by atoms with Crippen molar-refractivity contribution in [2.45, 2.75) is 13.8 Å². The predicted molar refractivity (Wildman–Crippen MR) is 90.3 cm³/mol. The molecule has 0 saturated heterocycles. The molecule has 0 aliphatic rings. The molecule has 0 bridgehead atoms. The lowest BCUT2D eigenvalue weighted by molar-refractivity contribution is -0.115. The maximum absolute atomic E-state index is 12.3. The number of aryl methyl sites for hydroxylation is 2. The molecule has 4 nitrogen and oxygen atoms in total. The van der Waals surface area contributed by atoms with E-state index < -0.39 is 0 Å². The van der Waals surface area contributed by atoms with Crippen molar-refractivity contribution in [2.75, 3.05) is 29.9 Å². The number of anilines is 2. The fourth-order valence-electron chi connectivity index (χ4n) is 2.48. The summed E-state index contributed by atoms with van der Waals surface area (Å²) in [6, 6.07) is 15.6. The van der Waals surface area contributed by atoms with Crippen molar-refractivity contribution in [2.24, 2.45) is 0 Å². The largest absolute Gasteiger partial charge is 0.395 e. The van der Waals surface area contributed by atoms with E-state index in [0.717, 1.165) is 22.5 Å². The van der Waals surface area contributed by atoms with Crippen LogP contribution in [0, 0.1) is 13.8 Å². The number of para-hydroxylation sites is 1. The zero-order chi connectivity index (χ0) is 15.9. The Morgan fingerprint density at radius 3 is 2.32 bits per heavy atom. The van der Waals surface area contributed by atoms with E-state index in [1.165, 1.54) is 0 Å². The van der Waals surface area contributed by atoms with E-state index in [0.29, 0.717) is 6.54 Å². The van der Waals surface area contributed by atoms with Crippen LogP contribution in [-0.2, 0) is 4.79 Å². The SMILES string of the molecule is Cc1cc(C)cc(NC(=O)CN(CCO)c2ccccc2)c1. The number of nitrogens with one attached hydrogen (secondary N) is 1. The first-order valence-electron chi connectivity index (χ1n) is 7.37. The highest BCUT2D eigenvalue weighted by atomic mass is 16.3. The third-order valence-corrected chi connectivity index (χ3v) is 3.33. The van der Waals surface area contributed by atoms with Gasteiger partial charge in [0.15, 0.2) is 0 Å². The second kappa shape index (κ2) is 7.61. The van der Waals surface area contributed by atoms with E-state index in [9.17, 15) is 9.90 Å². The van der Waals surface area contributed by atoms with Gasteiger partial charge in [0.2, 0.25) is 5.91 Å². The Morgan fingerprint density at radius 2 is 1.73 bits per heavy atom. The molecule has 4 heteroatoms. The molecule has 0 fully saturated rings. The number of amides is 1. The number of benzene rings is 2. The van der Waals surface area contributed by atoms with E-state index in [-0.39, 0.29) is 19.1 Å². The average molecular weight is 298 g/mol.